The van der Waals surface area contributed by atoms with E-state index in [0.717, 1.165) is 16.7 Å². The van der Waals surface area contributed by atoms with Gasteiger partial charge in [-0.2, -0.15) is 0 Å². The molecule has 1 amide bonds. The summed E-state index contributed by atoms with van der Waals surface area (Å²) in [6.07, 6.45) is 4.01. The van der Waals surface area contributed by atoms with Crippen molar-refractivity contribution in [2.75, 3.05) is 19.6 Å². The van der Waals surface area contributed by atoms with Gasteiger partial charge in [-0.1, -0.05) is 24.3 Å². The fraction of sp³-hybridized carbons (Fsp3) is 0.400. The number of hydrogen-bond donors (Lipinski definition) is 1. The van der Waals surface area contributed by atoms with Gasteiger partial charge < -0.3 is 15.0 Å². The Labute approximate surface area is 222 Å². The summed E-state index contributed by atoms with van der Waals surface area (Å²) in [5, 5.41) is 3.42. The molecule has 5 nitrogen and oxygen atoms in total. The van der Waals surface area contributed by atoms with Gasteiger partial charge in [0.25, 0.3) is 0 Å². The number of ether oxygens (including phenoxy) is 1. The number of aromatic nitrogens is 1. The lowest BCUT2D eigenvalue weighted by atomic mass is 9.84. The van der Waals surface area contributed by atoms with Crippen LogP contribution in [0.3, 0.4) is 0 Å². The number of rotatable bonds is 7. The smallest absolute Gasteiger partial charge is 0.410 e. The van der Waals surface area contributed by atoms with Crippen LogP contribution < -0.4 is 5.32 Å². The number of amides is 1. The molecule has 1 aromatic heterocycles. The molecule has 0 spiro atoms. The number of carbonyl (C=O) groups excluding carboxylic acids is 1. The zero-order valence-electron chi connectivity index (χ0n) is 22.0. The van der Waals surface area contributed by atoms with E-state index in [0.29, 0.717) is 44.5 Å². The fourth-order valence-corrected chi connectivity index (χ4v) is 4.83. The summed E-state index contributed by atoms with van der Waals surface area (Å²) in [5.41, 5.74) is 2.41. The molecule has 0 radical (unpaired) electrons. The lowest BCUT2D eigenvalue weighted by Gasteiger charge is -2.35. The second kappa shape index (κ2) is 12.0. The van der Waals surface area contributed by atoms with E-state index in [-0.39, 0.29) is 35.5 Å². The van der Waals surface area contributed by atoms with Gasteiger partial charge in [-0.25, -0.2) is 18.0 Å². The molecule has 1 aliphatic heterocycles. The average molecular weight is 526 g/mol. The van der Waals surface area contributed by atoms with Crippen LogP contribution in [-0.4, -0.2) is 47.3 Å². The molecule has 1 atom stereocenters. The Bertz CT molecular complexity index is 1180. The summed E-state index contributed by atoms with van der Waals surface area (Å²) >= 11 is 0. The SMILES string of the molecule is CC(C)(C)OC(=O)N1CCNC(CCc2c(F)cncc2CC(c2ccc(F)cc2)c2ccc(F)cc2)C1. The van der Waals surface area contributed by atoms with Crippen LogP contribution >= 0.6 is 0 Å². The minimum Gasteiger partial charge on any atom is -0.444 e. The zero-order valence-corrected chi connectivity index (χ0v) is 22.0. The Morgan fingerprint density at radius 1 is 1.03 bits per heavy atom. The quantitative estimate of drug-likeness (QED) is 0.410. The highest BCUT2D eigenvalue weighted by Gasteiger charge is 2.28. The average Bonchev–Trinajstić information content (AvgIpc) is 2.87. The lowest BCUT2D eigenvalue weighted by molar-refractivity contribution is 0.0192. The number of halogens is 3. The van der Waals surface area contributed by atoms with Crippen LogP contribution in [0.4, 0.5) is 18.0 Å². The predicted octanol–water partition coefficient (Wildman–Crippen LogP) is 6.02. The Kier molecular flexibility index (Phi) is 8.72. The van der Waals surface area contributed by atoms with Crippen LogP contribution in [0.15, 0.2) is 60.9 Å². The van der Waals surface area contributed by atoms with Gasteiger partial charge in [0, 0.05) is 37.8 Å². The number of carbonyl (C=O) groups is 1. The van der Waals surface area contributed by atoms with Crippen LogP contribution in [0.25, 0.3) is 0 Å². The first kappa shape index (κ1) is 27.6. The molecule has 3 aromatic rings. The third kappa shape index (κ3) is 7.34. The van der Waals surface area contributed by atoms with Crippen molar-refractivity contribution in [3.8, 4) is 0 Å². The van der Waals surface area contributed by atoms with Crippen molar-refractivity contribution >= 4 is 6.09 Å². The molecular weight excluding hydrogens is 491 g/mol. The molecule has 1 aliphatic rings. The zero-order chi connectivity index (χ0) is 27.3. The Balaban J connectivity index is 1.52. The van der Waals surface area contributed by atoms with Crippen LogP contribution in [0.5, 0.6) is 0 Å². The summed E-state index contributed by atoms with van der Waals surface area (Å²) in [6, 6.07) is 12.4. The highest BCUT2D eigenvalue weighted by Crippen LogP contribution is 2.31. The molecule has 8 heteroatoms. The van der Waals surface area contributed by atoms with Crippen molar-refractivity contribution in [1.82, 2.24) is 15.2 Å². The number of pyridine rings is 1. The molecule has 4 rings (SSSR count). The molecule has 0 aliphatic carbocycles. The van der Waals surface area contributed by atoms with Gasteiger partial charge >= 0.3 is 6.09 Å². The van der Waals surface area contributed by atoms with Crippen molar-refractivity contribution in [2.45, 2.75) is 57.6 Å². The standard InChI is InChI=1S/C30H34F3N3O2/c1-30(2,3)38-29(37)36-15-14-35-25(19-36)12-13-26-22(17-34-18-28(26)33)16-27(20-4-8-23(31)9-5-20)21-6-10-24(32)11-7-21/h4-11,17-18,25,27,35H,12-16,19H2,1-3H3. The minimum atomic E-state index is -0.571. The molecule has 38 heavy (non-hydrogen) atoms. The molecule has 2 heterocycles. The molecule has 1 fully saturated rings. The van der Waals surface area contributed by atoms with E-state index >= 15 is 4.39 Å². The third-order valence-corrected chi connectivity index (χ3v) is 6.71. The molecular formula is C30H34F3N3O2. The maximum atomic E-state index is 15.1. The van der Waals surface area contributed by atoms with Crippen molar-refractivity contribution < 1.29 is 22.7 Å². The Morgan fingerprint density at radius 2 is 1.63 bits per heavy atom. The topological polar surface area (TPSA) is 54.5 Å². The minimum absolute atomic E-state index is 0.0123. The summed E-state index contributed by atoms with van der Waals surface area (Å²) < 4.78 is 47.9. The first-order valence-corrected chi connectivity index (χ1v) is 12.9. The van der Waals surface area contributed by atoms with Crippen molar-refractivity contribution in [1.29, 1.82) is 0 Å². The van der Waals surface area contributed by atoms with E-state index in [2.05, 4.69) is 10.3 Å². The second-order valence-corrected chi connectivity index (χ2v) is 10.7. The third-order valence-electron chi connectivity index (χ3n) is 6.71. The monoisotopic (exact) mass is 525 g/mol. The van der Waals surface area contributed by atoms with E-state index in [4.69, 9.17) is 4.74 Å². The van der Waals surface area contributed by atoms with Gasteiger partial charge in [0.1, 0.15) is 23.1 Å². The van der Waals surface area contributed by atoms with Gasteiger partial charge in [-0.15, -0.1) is 0 Å². The number of piperazine rings is 1. The normalized spacial score (nSPS) is 16.1. The summed E-state index contributed by atoms with van der Waals surface area (Å²) in [4.78, 5) is 18.3. The number of nitrogens with one attached hydrogen (secondary N) is 1. The molecule has 202 valence electrons. The van der Waals surface area contributed by atoms with Crippen molar-refractivity contribution in [2.24, 2.45) is 0 Å². The lowest BCUT2D eigenvalue weighted by Crippen LogP contribution is -2.53. The summed E-state index contributed by atoms with van der Waals surface area (Å²) in [5.74, 6) is -1.33. The number of benzene rings is 2. The number of hydrogen-bond acceptors (Lipinski definition) is 4. The summed E-state index contributed by atoms with van der Waals surface area (Å²) in [6.45, 7) is 7.17. The predicted molar refractivity (Wildman–Crippen MR) is 140 cm³/mol. The van der Waals surface area contributed by atoms with Crippen molar-refractivity contribution in [3.63, 3.8) is 0 Å². The Hall–Kier alpha value is -3.39. The van der Waals surface area contributed by atoms with Gasteiger partial charge in [0.15, 0.2) is 0 Å². The van der Waals surface area contributed by atoms with E-state index in [9.17, 15) is 13.6 Å². The molecule has 0 saturated carbocycles. The maximum absolute atomic E-state index is 15.1. The Morgan fingerprint density at radius 3 is 2.21 bits per heavy atom. The van der Waals surface area contributed by atoms with Crippen LogP contribution in [0, 0.1) is 17.5 Å². The maximum Gasteiger partial charge on any atom is 0.410 e. The van der Waals surface area contributed by atoms with E-state index < -0.39 is 5.60 Å². The molecule has 1 N–H and O–H groups in total. The van der Waals surface area contributed by atoms with Crippen LogP contribution in [0.1, 0.15) is 55.4 Å². The van der Waals surface area contributed by atoms with Gasteiger partial charge in [0.2, 0.25) is 0 Å². The van der Waals surface area contributed by atoms with Gasteiger partial charge in [-0.3, -0.25) is 4.98 Å². The van der Waals surface area contributed by atoms with E-state index in [1.807, 2.05) is 20.8 Å². The van der Waals surface area contributed by atoms with E-state index in [1.165, 1.54) is 30.5 Å². The first-order chi connectivity index (χ1) is 18.1. The summed E-state index contributed by atoms with van der Waals surface area (Å²) in [7, 11) is 0. The highest BCUT2D eigenvalue weighted by atomic mass is 19.1. The number of nitrogens with zero attached hydrogens (tertiary/aromatic N) is 2. The molecule has 2 aromatic carbocycles. The highest BCUT2D eigenvalue weighted by molar-refractivity contribution is 5.68. The second-order valence-electron chi connectivity index (χ2n) is 10.7. The molecule has 0 bridgehead atoms. The van der Waals surface area contributed by atoms with E-state index in [1.54, 1.807) is 35.4 Å². The van der Waals surface area contributed by atoms with Gasteiger partial charge in [0.05, 0.1) is 6.20 Å². The van der Waals surface area contributed by atoms with Gasteiger partial charge in [-0.05, 0) is 86.6 Å². The molecule has 1 unspecified atom stereocenters. The first-order valence-electron chi connectivity index (χ1n) is 12.9. The fourth-order valence-electron chi connectivity index (χ4n) is 4.83. The van der Waals surface area contributed by atoms with Crippen LogP contribution in [-0.2, 0) is 17.6 Å². The van der Waals surface area contributed by atoms with Crippen molar-refractivity contribution in [3.05, 3.63) is 101 Å². The largest absolute Gasteiger partial charge is 0.444 e. The van der Waals surface area contributed by atoms with Crippen LogP contribution in [0.2, 0.25) is 0 Å². The molecule has 1 saturated heterocycles.